The SMILES string of the molecule is CC(C#N)CNCc1sccc1N. The third kappa shape index (κ3) is 3.05. The highest BCUT2D eigenvalue weighted by Crippen LogP contribution is 2.17. The van der Waals surface area contributed by atoms with E-state index in [9.17, 15) is 0 Å². The van der Waals surface area contributed by atoms with Crippen LogP contribution in [-0.2, 0) is 6.54 Å². The smallest absolute Gasteiger partial charge is 0.0666 e. The van der Waals surface area contributed by atoms with E-state index in [2.05, 4.69) is 11.4 Å². The quantitative estimate of drug-likeness (QED) is 0.766. The van der Waals surface area contributed by atoms with Crippen LogP contribution in [0.25, 0.3) is 0 Å². The van der Waals surface area contributed by atoms with Gasteiger partial charge < -0.3 is 11.1 Å². The second-order valence-electron chi connectivity index (χ2n) is 2.96. The molecular weight excluding hydrogens is 182 g/mol. The molecule has 0 aromatic carbocycles. The Morgan fingerprint density at radius 2 is 2.54 bits per heavy atom. The van der Waals surface area contributed by atoms with Gasteiger partial charge in [-0.2, -0.15) is 5.26 Å². The van der Waals surface area contributed by atoms with E-state index in [1.54, 1.807) is 11.3 Å². The lowest BCUT2D eigenvalue weighted by atomic mass is 10.2. The normalized spacial score (nSPS) is 12.3. The van der Waals surface area contributed by atoms with Crippen molar-refractivity contribution < 1.29 is 0 Å². The zero-order chi connectivity index (χ0) is 9.68. The molecule has 70 valence electrons. The molecule has 0 saturated carbocycles. The maximum absolute atomic E-state index is 8.53. The Kier molecular flexibility index (Phi) is 3.74. The van der Waals surface area contributed by atoms with Crippen LogP contribution < -0.4 is 11.1 Å². The van der Waals surface area contributed by atoms with E-state index in [1.165, 1.54) is 0 Å². The average molecular weight is 195 g/mol. The van der Waals surface area contributed by atoms with E-state index in [0.29, 0.717) is 6.54 Å². The predicted molar refractivity (Wildman–Crippen MR) is 55.2 cm³/mol. The number of hydrogen-bond acceptors (Lipinski definition) is 4. The van der Waals surface area contributed by atoms with Gasteiger partial charge in [0.25, 0.3) is 0 Å². The molecule has 1 heterocycles. The van der Waals surface area contributed by atoms with Gasteiger partial charge in [0.1, 0.15) is 0 Å². The summed E-state index contributed by atoms with van der Waals surface area (Å²) < 4.78 is 0. The fourth-order valence-corrected chi connectivity index (χ4v) is 1.71. The molecule has 1 unspecified atom stereocenters. The van der Waals surface area contributed by atoms with Crippen molar-refractivity contribution in [2.75, 3.05) is 12.3 Å². The summed E-state index contributed by atoms with van der Waals surface area (Å²) in [7, 11) is 0. The van der Waals surface area contributed by atoms with Crippen molar-refractivity contribution in [3.05, 3.63) is 16.3 Å². The summed E-state index contributed by atoms with van der Waals surface area (Å²) in [5, 5.41) is 13.7. The second-order valence-corrected chi connectivity index (χ2v) is 3.96. The molecule has 3 nitrogen and oxygen atoms in total. The molecule has 13 heavy (non-hydrogen) atoms. The Balaban J connectivity index is 2.29. The van der Waals surface area contributed by atoms with Crippen molar-refractivity contribution in [3.8, 4) is 6.07 Å². The third-order valence-electron chi connectivity index (χ3n) is 1.74. The van der Waals surface area contributed by atoms with Crippen molar-refractivity contribution in [1.82, 2.24) is 5.32 Å². The average Bonchev–Trinajstić information content (AvgIpc) is 2.52. The van der Waals surface area contributed by atoms with Crippen LogP contribution in [-0.4, -0.2) is 6.54 Å². The summed E-state index contributed by atoms with van der Waals surface area (Å²) in [5.41, 5.74) is 6.53. The first-order valence-corrected chi connectivity index (χ1v) is 5.04. The van der Waals surface area contributed by atoms with Crippen LogP contribution in [0.4, 0.5) is 5.69 Å². The molecule has 0 bridgehead atoms. The van der Waals surface area contributed by atoms with Crippen molar-refractivity contribution in [2.24, 2.45) is 5.92 Å². The number of hydrogen-bond donors (Lipinski definition) is 2. The van der Waals surface area contributed by atoms with Gasteiger partial charge in [-0.1, -0.05) is 0 Å². The fourth-order valence-electron chi connectivity index (χ4n) is 0.942. The van der Waals surface area contributed by atoms with Crippen LogP contribution in [0.3, 0.4) is 0 Å². The molecule has 0 spiro atoms. The van der Waals surface area contributed by atoms with Gasteiger partial charge in [-0.25, -0.2) is 0 Å². The molecule has 0 fully saturated rings. The summed E-state index contributed by atoms with van der Waals surface area (Å²) in [6, 6.07) is 4.07. The molecule has 0 aliphatic heterocycles. The van der Waals surface area contributed by atoms with Crippen LogP contribution >= 0.6 is 11.3 Å². The van der Waals surface area contributed by atoms with Gasteiger partial charge in [0.15, 0.2) is 0 Å². The first-order valence-electron chi connectivity index (χ1n) is 4.16. The van der Waals surface area contributed by atoms with E-state index >= 15 is 0 Å². The molecule has 3 N–H and O–H groups in total. The Labute approximate surface area is 82.2 Å². The minimum atomic E-state index is 0.0567. The summed E-state index contributed by atoms with van der Waals surface area (Å²) in [4.78, 5) is 1.14. The van der Waals surface area contributed by atoms with Gasteiger partial charge in [0, 0.05) is 23.7 Å². The molecule has 0 aliphatic carbocycles. The van der Waals surface area contributed by atoms with Gasteiger partial charge in [0.2, 0.25) is 0 Å². The van der Waals surface area contributed by atoms with Crippen LogP contribution in [0, 0.1) is 17.2 Å². The minimum absolute atomic E-state index is 0.0567. The van der Waals surface area contributed by atoms with E-state index in [4.69, 9.17) is 11.0 Å². The zero-order valence-electron chi connectivity index (χ0n) is 7.58. The summed E-state index contributed by atoms with van der Waals surface area (Å²) >= 11 is 1.64. The first-order chi connectivity index (χ1) is 6.24. The maximum atomic E-state index is 8.53. The van der Waals surface area contributed by atoms with Crippen LogP contribution in [0.15, 0.2) is 11.4 Å². The molecule has 0 aliphatic rings. The Morgan fingerprint density at radius 1 is 1.77 bits per heavy atom. The number of nitriles is 1. The Morgan fingerprint density at radius 3 is 3.08 bits per heavy atom. The minimum Gasteiger partial charge on any atom is -0.398 e. The third-order valence-corrected chi connectivity index (χ3v) is 2.67. The van der Waals surface area contributed by atoms with E-state index < -0.39 is 0 Å². The van der Waals surface area contributed by atoms with Crippen LogP contribution in [0.1, 0.15) is 11.8 Å². The number of anilines is 1. The van der Waals surface area contributed by atoms with Crippen LogP contribution in [0.2, 0.25) is 0 Å². The van der Waals surface area contributed by atoms with Crippen molar-refractivity contribution in [1.29, 1.82) is 5.26 Å². The second kappa shape index (κ2) is 4.85. The maximum Gasteiger partial charge on any atom is 0.0666 e. The topological polar surface area (TPSA) is 61.8 Å². The highest BCUT2D eigenvalue weighted by atomic mass is 32.1. The van der Waals surface area contributed by atoms with Crippen molar-refractivity contribution in [2.45, 2.75) is 13.5 Å². The Bertz CT molecular complexity index is 300. The molecular formula is C9H13N3S. The first kappa shape index (κ1) is 10.0. The van der Waals surface area contributed by atoms with E-state index in [-0.39, 0.29) is 5.92 Å². The number of nitrogen functional groups attached to an aromatic ring is 1. The number of nitrogens with two attached hydrogens (primary N) is 1. The van der Waals surface area contributed by atoms with E-state index in [1.807, 2.05) is 18.4 Å². The lowest BCUT2D eigenvalue weighted by Gasteiger charge is -2.04. The van der Waals surface area contributed by atoms with Gasteiger partial charge in [-0.3, -0.25) is 0 Å². The standard InChI is InChI=1S/C9H13N3S/c1-7(4-10)5-12-6-9-8(11)2-3-13-9/h2-3,7,12H,5-6,11H2,1H3. The van der Waals surface area contributed by atoms with Crippen molar-refractivity contribution >= 4 is 17.0 Å². The Hall–Kier alpha value is -1.05. The summed E-state index contributed by atoms with van der Waals surface area (Å²) in [6.07, 6.45) is 0. The monoisotopic (exact) mass is 195 g/mol. The van der Waals surface area contributed by atoms with Gasteiger partial charge in [-0.05, 0) is 18.4 Å². The number of rotatable bonds is 4. The fraction of sp³-hybridized carbons (Fsp3) is 0.444. The molecule has 0 saturated heterocycles. The molecule has 0 radical (unpaired) electrons. The molecule has 4 heteroatoms. The highest BCUT2D eigenvalue weighted by Gasteiger charge is 2.01. The van der Waals surface area contributed by atoms with Gasteiger partial charge in [0.05, 0.1) is 12.0 Å². The number of nitrogens with zero attached hydrogens (tertiary/aromatic N) is 1. The molecule has 1 rings (SSSR count). The van der Waals surface area contributed by atoms with Gasteiger partial charge >= 0.3 is 0 Å². The summed E-state index contributed by atoms with van der Waals surface area (Å²) in [5.74, 6) is 0.0567. The largest absolute Gasteiger partial charge is 0.398 e. The molecule has 0 amide bonds. The lowest BCUT2D eigenvalue weighted by molar-refractivity contribution is 0.606. The summed E-state index contributed by atoms with van der Waals surface area (Å²) in [6.45, 7) is 3.37. The van der Waals surface area contributed by atoms with E-state index in [0.717, 1.165) is 17.1 Å². The highest BCUT2D eigenvalue weighted by molar-refractivity contribution is 7.10. The molecule has 1 aromatic rings. The van der Waals surface area contributed by atoms with Gasteiger partial charge in [-0.15, -0.1) is 11.3 Å². The predicted octanol–water partition coefficient (Wildman–Crippen LogP) is 1.58. The number of nitrogens with one attached hydrogen (secondary N) is 1. The van der Waals surface area contributed by atoms with Crippen LogP contribution in [0.5, 0.6) is 0 Å². The van der Waals surface area contributed by atoms with Crippen molar-refractivity contribution in [3.63, 3.8) is 0 Å². The zero-order valence-corrected chi connectivity index (χ0v) is 8.40. The lowest BCUT2D eigenvalue weighted by Crippen LogP contribution is -2.19. The molecule has 1 aromatic heterocycles. The molecule has 1 atom stereocenters. The number of thiophene rings is 1.